The average molecular weight is 539 g/mol. The van der Waals surface area contributed by atoms with Crippen LogP contribution in [0.3, 0.4) is 0 Å². The van der Waals surface area contributed by atoms with Crippen LogP contribution in [0, 0.1) is 11.8 Å². The molecule has 3 fully saturated rings. The smallest absolute Gasteiger partial charge is 0.343 e. The molecule has 0 unspecified atom stereocenters. The lowest BCUT2D eigenvalue weighted by Crippen LogP contribution is -2.58. The Morgan fingerprint density at radius 3 is 2.51 bits per heavy atom. The van der Waals surface area contributed by atoms with Crippen molar-refractivity contribution in [3.63, 3.8) is 0 Å². The molecule has 180 valence electrons. The molecule has 35 heavy (non-hydrogen) atoms. The third-order valence-electron chi connectivity index (χ3n) is 6.97. The van der Waals surface area contributed by atoms with E-state index >= 15 is 0 Å². The van der Waals surface area contributed by atoms with Crippen LogP contribution in [0.5, 0.6) is 11.5 Å². The van der Waals surface area contributed by atoms with Crippen LogP contribution in [0.4, 0.5) is 4.79 Å². The van der Waals surface area contributed by atoms with Gasteiger partial charge in [-0.15, -0.1) is 0 Å². The van der Waals surface area contributed by atoms with E-state index in [0.717, 1.165) is 25.7 Å². The number of amides is 4. The first-order valence-corrected chi connectivity index (χ1v) is 12.2. The number of rotatable bonds is 5. The molecule has 4 amide bonds. The van der Waals surface area contributed by atoms with E-state index in [1.165, 1.54) is 18.1 Å². The number of esters is 1. The number of ether oxygens (including phenoxy) is 2. The molecule has 1 aliphatic heterocycles. The number of halogens is 1. The number of urea groups is 1. The van der Waals surface area contributed by atoms with Gasteiger partial charge in [-0.05, 0) is 79.6 Å². The molecule has 3 aliphatic rings. The molecule has 2 saturated carbocycles. The Morgan fingerprint density at radius 2 is 1.86 bits per heavy atom. The van der Waals surface area contributed by atoms with Gasteiger partial charge in [-0.3, -0.25) is 19.8 Å². The maximum absolute atomic E-state index is 13.4. The highest BCUT2D eigenvalue weighted by atomic mass is 79.9. The monoisotopic (exact) mass is 538 g/mol. The Balaban J connectivity index is 1.44. The standard InChI is InChI=1S/C26H23BrN2O6/c1-34-19-7-4-15(5-8-19)25(32)35-22-9-6-18(27)12-17(22)13-20-23(30)28-26(33)29(24(20)31)21-11-14-2-3-16(21)10-14/h4-9,12-14,16,21H,2-3,10-11H2,1H3,(H,28,30,33)/b20-13-/t14-,16-,21+/m0/s1. The Bertz CT molecular complexity index is 1250. The van der Waals surface area contributed by atoms with Crippen LogP contribution in [0.15, 0.2) is 52.5 Å². The van der Waals surface area contributed by atoms with Crippen molar-refractivity contribution < 1.29 is 28.7 Å². The van der Waals surface area contributed by atoms with Gasteiger partial charge in [-0.2, -0.15) is 0 Å². The van der Waals surface area contributed by atoms with Crippen LogP contribution in [-0.2, 0) is 9.59 Å². The lowest BCUT2D eigenvalue weighted by atomic mass is 9.93. The van der Waals surface area contributed by atoms with E-state index in [0.29, 0.717) is 27.3 Å². The van der Waals surface area contributed by atoms with E-state index in [4.69, 9.17) is 9.47 Å². The fraction of sp³-hybridized carbons (Fsp3) is 0.308. The molecule has 2 aromatic rings. The molecule has 1 saturated heterocycles. The second kappa shape index (κ2) is 9.30. The zero-order chi connectivity index (χ0) is 24.7. The molecule has 0 spiro atoms. The van der Waals surface area contributed by atoms with Gasteiger partial charge in [0, 0.05) is 16.1 Å². The van der Waals surface area contributed by atoms with Crippen LogP contribution in [0.25, 0.3) is 6.08 Å². The van der Waals surface area contributed by atoms with Crippen LogP contribution in [0.1, 0.15) is 41.6 Å². The van der Waals surface area contributed by atoms with Gasteiger partial charge < -0.3 is 9.47 Å². The summed E-state index contributed by atoms with van der Waals surface area (Å²) < 4.78 is 11.4. The minimum absolute atomic E-state index is 0.172. The maximum atomic E-state index is 13.4. The molecule has 3 atom stereocenters. The minimum atomic E-state index is -0.771. The Labute approximate surface area is 210 Å². The molecule has 0 radical (unpaired) electrons. The van der Waals surface area contributed by atoms with Crippen molar-refractivity contribution in [1.29, 1.82) is 0 Å². The number of imide groups is 2. The van der Waals surface area contributed by atoms with E-state index in [2.05, 4.69) is 21.2 Å². The Hall–Kier alpha value is -3.46. The molecule has 0 aromatic heterocycles. The molecule has 9 heteroatoms. The van der Waals surface area contributed by atoms with Crippen LogP contribution < -0.4 is 14.8 Å². The van der Waals surface area contributed by atoms with E-state index in [1.54, 1.807) is 42.5 Å². The summed E-state index contributed by atoms with van der Waals surface area (Å²) in [4.78, 5) is 52.6. The number of nitrogens with zero attached hydrogens (tertiary/aromatic N) is 1. The summed E-state index contributed by atoms with van der Waals surface area (Å²) in [5, 5.41) is 2.31. The number of nitrogens with one attached hydrogen (secondary N) is 1. The molecule has 2 aliphatic carbocycles. The molecule has 8 nitrogen and oxygen atoms in total. The second-order valence-electron chi connectivity index (χ2n) is 9.03. The number of hydrogen-bond acceptors (Lipinski definition) is 6. The van der Waals surface area contributed by atoms with Gasteiger partial charge in [0.05, 0.1) is 12.7 Å². The molecule has 2 aromatic carbocycles. The fourth-order valence-corrected chi connectivity index (χ4v) is 5.64. The summed E-state index contributed by atoms with van der Waals surface area (Å²) in [5.41, 5.74) is 0.487. The Kier molecular flexibility index (Phi) is 6.19. The summed E-state index contributed by atoms with van der Waals surface area (Å²) in [6, 6.07) is 10.5. The van der Waals surface area contributed by atoms with Crippen molar-refractivity contribution in [2.24, 2.45) is 11.8 Å². The number of hydrogen-bond donors (Lipinski definition) is 1. The van der Waals surface area contributed by atoms with Crippen molar-refractivity contribution in [1.82, 2.24) is 10.2 Å². The first-order chi connectivity index (χ1) is 16.8. The SMILES string of the molecule is COc1ccc(C(=O)Oc2ccc(Br)cc2/C=C2/C(=O)NC(=O)N([C@@H]3C[C@H]4CC[C@H]3C4)C2=O)cc1. The second-order valence-corrected chi connectivity index (χ2v) is 9.95. The Morgan fingerprint density at radius 1 is 1.09 bits per heavy atom. The van der Waals surface area contributed by atoms with Gasteiger partial charge in [0.2, 0.25) is 0 Å². The van der Waals surface area contributed by atoms with Crippen molar-refractivity contribution in [3.8, 4) is 11.5 Å². The molecule has 2 bridgehead atoms. The van der Waals surface area contributed by atoms with Crippen molar-refractivity contribution >= 4 is 45.8 Å². The summed E-state index contributed by atoms with van der Waals surface area (Å²) in [6.45, 7) is 0. The first-order valence-electron chi connectivity index (χ1n) is 11.4. The summed E-state index contributed by atoms with van der Waals surface area (Å²) in [7, 11) is 1.53. The molecular weight excluding hydrogens is 516 g/mol. The maximum Gasteiger partial charge on any atom is 0.343 e. The third-order valence-corrected chi connectivity index (χ3v) is 7.46. The highest BCUT2D eigenvalue weighted by Gasteiger charge is 2.49. The first kappa shape index (κ1) is 23.3. The molecular formula is C26H23BrN2O6. The zero-order valence-electron chi connectivity index (χ0n) is 19.0. The zero-order valence-corrected chi connectivity index (χ0v) is 20.5. The normalized spacial score (nSPS) is 24.6. The number of carbonyl (C=O) groups is 4. The predicted molar refractivity (Wildman–Crippen MR) is 130 cm³/mol. The lowest BCUT2D eigenvalue weighted by molar-refractivity contribution is -0.132. The van der Waals surface area contributed by atoms with Gasteiger partial charge in [-0.1, -0.05) is 22.4 Å². The summed E-state index contributed by atoms with van der Waals surface area (Å²) in [5.74, 6) is -0.429. The molecule has 1 heterocycles. The van der Waals surface area contributed by atoms with Crippen molar-refractivity contribution in [2.75, 3.05) is 7.11 Å². The van der Waals surface area contributed by atoms with E-state index in [9.17, 15) is 19.2 Å². The number of carbonyl (C=O) groups excluding carboxylic acids is 4. The van der Waals surface area contributed by atoms with Crippen LogP contribution in [-0.4, -0.2) is 41.9 Å². The number of methoxy groups -OCH3 is 1. The average Bonchev–Trinajstić information content (AvgIpc) is 3.47. The lowest BCUT2D eigenvalue weighted by Gasteiger charge is -2.35. The molecule has 5 rings (SSSR count). The van der Waals surface area contributed by atoms with Crippen molar-refractivity contribution in [2.45, 2.75) is 31.7 Å². The number of barbiturate groups is 1. The fourth-order valence-electron chi connectivity index (χ4n) is 5.27. The van der Waals surface area contributed by atoms with Crippen molar-refractivity contribution in [3.05, 3.63) is 63.6 Å². The number of benzene rings is 2. The highest BCUT2D eigenvalue weighted by molar-refractivity contribution is 9.10. The summed E-state index contributed by atoms with van der Waals surface area (Å²) in [6.07, 6.45) is 5.24. The van der Waals surface area contributed by atoms with Gasteiger partial charge in [0.25, 0.3) is 11.8 Å². The van der Waals surface area contributed by atoms with Crippen LogP contribution in [0.2, 0.25) is 0 Å². The number of fused-ring (bicyclic) bond motifs is 2. The minimum Gasteiger partial charge on any atom is -0.497 e. The van der Waals surface area contributed by atoms with Crippen LogP contribution >= 0.6 is 15.9 Å². The quantitative estimate of drug-likeness (QED) is 0.263. The van der Waals surface area contributed by atoms with E-state index < -0.39 is 23.8 Å². The van der Waals surface area contributed by atoms with E-state index in [-0.39, 0.29) is 23.3 Å². The van der Waals surface area contributed by atoms with E-state index in [1.807, 2.05) is 0 Å². The third kappa shape index (κ3) is 4.48. The van der Waals surface area contributed by atoms with Gasteiger partial charge in [0.15, 0.2) is 0 Å². The predicted octanol–water partition coefficient (Wildman–Crippen LogP) is 4.33. The van der Waals surface area contributed by atoms with Gasteiger partial charge in [-0.25, -0.2) is 9.59 Å². The topological polar surface area (TPSA) is 102 Å². The molecule has 1 N–H and O–H groups in total. The van der Waals surface area contributed by atoms with Gasteiger partial charge in [0.1, 0.15) is 17.1 Å². The highest BCUT2D eigenvalue weighted by Crippen LogP contribution is 2.47. The summed E-state index contributed by atoms with van der Waals surface area (Å²) >= 11 is 3.38. The van der Waals surface area contributed by atoms with Gasteiger partial charge >= 0.3 is 12.0 Å². The largest absolute Gasteiger partial charge is 0.497 e.